The molecule has 0 N–H and O–H groups in total. The maximum Gasteiger partial charge on any atom is 0 e. The Balaban J connectivity index is 0. The average Bonchev–Trinajstić information content (AvgIpc) is 0. The Morgan fingerprint density at radius 1 is 1.00 bits per heavy atom. The minimum atomic E-state index is 0. The van der Waals surface area contributed by atoms with Crippen LogP contribution in [0.15, 0.2) is 0 Å². The van der Waals surface area contributed by atoms with Gasteiger partial charge in [-0.3, -0.25) is 0 Å². The summed E-state index contributed by atoms with van der Waals surface area (Å²) in [5, 5.41) is 0. The molecule has 0 nitrogen and oxygen atoms in total. The zero-order valence-electron chi connectivity index (χ0n) is 2.06. The molecule has 0 bridgehead atoms. The predicted octanol–water partition coefficient (Wildman–Crippen LogP) is -0.926. The van der Waals surface area contributed by atoms with E-state index in [1.165, 1.54) is 0 Å². The van der Waals surface area contributed by atoms with E-state index in [1.807, 2.05) is 0 Å². The van der Waals surface area contributed by atoms with Gasteiger partial charge in [-0.05, 0) is 0 Å². The third-order valence-corrected chi connectivity index (χ3v) is 0. The van der Waals surface area contributed by atoms with Crippen LogP contribution < -0.4 is 0 Å². The van der Waals surface area contributed by atoms with Gasteiger partial charge in [0.1, 0.15) is 0 Å². The molecule has 0 unspecified atom stereocenters. The molecule has 5 heteroatoms. The van der Waals surface area contributed by atoms with E-state index in [0.717, 1.165) is 0 Å². The fourth-order valence-electron chi connectivity index (χ4n) is 0. The standard InChI is InChI=1S/Ba.Fe.Ti.Zn.Zr.2H. The van der Waals surface area contributed by atoms with E-state index in [0.29, 0.717) is 0 Å². The summed E-state index contributed by atoms with van der Waals surface area (Å²) in [4.78, 5) is 0. The molecular formula is H2BaFeTiZnZr. The van der Waals surface area contributed by atoms with E-state index < -0.39 is 0 Å². The van der Waals surface area contributed by atoms with Crippen LogP contribution in [0.2, 0.25) is 0 Å². The maximum atomic E-state index is 0. The van der Waals surface area contributed by atoms with Gasteiger partial charge in [0.05, 0.1) is 0 Å². The second kappa shape index (κ2) is 23.9. The van der Waals surface area contributed by atoms with E-state index in [1.54, 1.807) is 0 Å². The first-order valence-electron chi connectivity index (χ1n) is 0. The third-order valence-electron chi connectivity index (χ3n) is 0. The Morgan fingerprint density at radius 3 is 1.00 bits per heavy atom. The van der Waals surface area contributed by atoms with Crippen LogP contribution in [0, 0.1) is 0 Å². The third kappa shape index (κ3) is 17.8. The van der Waals surface area contributed by atoms with Crippen LogP contribution in [0.3, 0.4) is 0 Å². The van der Waals surface area contributed by atoms with Crippen molar-refractivity contribution in [1.82, 2.24) is 0 Å². The van der Waals surface area contributed by atoms with Crippen LogP contribution in [-0.2, 0) is 84.5 Å². The maximum absolute atomic E-state index is 0. The van der Waals surface area contributed by atoms with Gasteiger partial charge < -0.3 is 0 Å². The van der Waals surface area contributed by atoms with Crippen molar-refractivity contribution in [3.63, 3.8) is 0 Å². The minimum Gasteiger partial charge on any atom is 0 e. The van der Waals surface area contributed by atoms with Crippen molar-refractivity contribution >= 4 is 48.9 Å². The van der Waals surface area contributed by atoms with Gasteiger partial charge in [0.15, 0.2) is 0 Å². The molecule has 0 atom stereocenters. The number of hydrogen-bond acceptors (Lipinski definition) is 0. The van der Waals surface area contributed by atoms with Gasteiger partial charge in [-0.1, -0.05) is 0 Å². The molecule has 0 amide bonds. The van der Waals surface area contributed by atoms with Crippen molar-refractivity contribution in [2.45, 2.75) is 0 Å². The molecule has 0 radical (unpaired) electrons. The zero-order valence-corrected chi connectivity index (χ0v) is 10.2. The summed E-state index contributed by atoms with van der Waals surface area (Å²) >= 11 is 0. The van der Waals surface area contributed by atoms with Crippen LogP contribution in [0.1, 0.15) is 0 Å². The van der Waals surface area contributed by atoms with E-state index in [-0.39, 0.29) is 133 Å². The number of hydrogen-bond donors (Lipinski definition) is 0. The first kappa shape index (κ1) is 34.6. The smallest absolute Gasteiger partial charge is 0 e. The van der Waals surface area contributed by atoms with E-state index in [9.17, 15) is 0 Å². The molecule has 0 aromatic carbocycles. The molecule has 0 aliphatic heterocycles. The largest absolute Gasteiger partial charge is 0 e. The van der Waals surface area contributed by atoms with Gasteiger partial charge in [-0.25, -0.2) is 0 Å². The summed E-state index contributed by atoms with van der Waals surface area (Å²) in [6.45, 7) is 0. The topological polar surface area (TPSA) is 0 Å². The Morgan fingerprint density at radius 2 is 1.00 bits per heavy atom. The molecule has 0 heterocycles. The van der Waals surface area contributed by atoms with Crippen LogP contribution in [0.25, 0.3) is 0 Å². The molecular weight excluding hydrogens is 398 g/mol. The Bertz CT molecular complexity index is 11.6. The Hall–Kier alpha value is 4.31. The van der Waals surface area contributed by atoms with Crippen LogP contribution in [0.5, 0.6) is 0 Å². The first-order chi connectivity index (χ1) is 0. The van der Waals surface area contributed by atoms with Crippen molar-refractivity contribution < 1.29 is 84.5 Å². The molecule has 0 aliphatic carbocycles. The van der Waals surface area contributed by atoms with Crippen molar-refractivity contribution in [1.29, 1.82) is 0 Å². The Kier molecular flexibility index (Phi) is 165. The molecule has 0 spiro atoms. The summed E-state index contributed by atoms with van der Waals surface area (Å²) in [6, 6.07) is 0. The van der Waals surface area contributed by atoms with Crippen LogP contribution in [0.4, 0.5) is 0 Å². The van der Waals surface area contributed by atoms with Gasteiger partial charge in [-0.15, -0.1) is 0 Å². The summed E-state index contributed by atoms with van der Waals surface area (Å²) in [6.07, 6.45) is 0. The van der Waals surface area contributed by atoms with Gasteiger partial charge in [0.2, 0.25) is 0 Å². The van der Waals surface area contributed by atoms with E-state index >= 15 is 0 Å². The zero-order chi connectivity index (χ0) is 0. The normalized spacial score (nSPS) is 0. The second-order valence-corrected chi connectivity index (χ2v) is 0. The van der Waals surface area contributed by atoms with Gasteiger partial charge in [-0.2, -0.15) is 0 Å². The molecule has 22 valence electrons. The van der Waals surface area contributed by atoms with Gasteiger partial charge >= 0.3 is 48.9 Å². The fraction of sp³-hybridized carbons (Fsp3) is 0. The van der Waals surface area contributed by atoms with Crippen LogP contribution >= 0.6 is 0 Å². The minimum absolute atomic E-state index is 0. The molecule has 5 heavy (non-hydrogen) atoms. The van der Waals surface area contributed by atoms with E-state index in [2.05, 4.69) is 0 Å². The number of rotatable bonds is 0. The van der Waals surface area contributed by atoms with Crippen molar-refractivity contribution in [2.75, 3.05) is 0 Å². The Labute approximate surface area is 130 Å². The van der Waals surface area contributed by atoms with Crippen molar-refractivity contribution in [3.8, 4) is 0 Å². The molecule has 0 saturated heterocycles. The molecule has 0 saturated carbocycles. The summed E-state index contributed by atoms with van der Waals surface area (Å²) < 4.78 is 0. The van der Waals surface area contributed by atoms with Gasteiger partial charge in [0, 0.05) is 84.5 Å². The summed E-state index contributed by atoms with van der Waals surface area (Å²) in [5.41, 5.74) is 0. The fourth-order valence-corrected chi connectivity index (χ4v) is 0. The summed E-state index contributed by atoms with van der Waals surface area (Å²) in [5.74, 6) is 0. The monoisotopic (exact) mass is 398 g/mol. The molecule has 0 aliphatic rings. The van der Waals surface area contributed by atoms with Crippen LogP contribution in [-0.4, -0.2) is 48.9 Å². The molecule has 0 aromatic heterocycles. The summed E-state index contributed by atoms with van der Waals surface area (Å²) in [7, 11) is 0. The predicted molar refractivity (Wildman–Crippen MR) is 8.54 cm³/mol. The van der Waals surface area contributed by atoms with Gasteiger partial charge in [0.25, 0.3) is 0 Å². The quantitative estimate of drug-likeness (QED) is 0.462. The first-order valence-corrected chi connectivity index (χ1v) is 0. The van der Waals surface area contributed by atoms with Crippen molar-refractivity contribution in [2.24, 2.45) is 0 Å². The molecule has 0 fully saturated rings. The van der Waals surface area contributed by atoms with E-state index in [4.69, 9.17) is 0 Å². The second-order valence-electron chi connectivity index (χ2n) is 0. The molecule has 0 rings (SSSR count). The molecule has 0 aromatic rings. The SMILES string of the molecule is [BaH2].[Fe].[Ti].[Zn].[Zr]. The average molecular weight is 400 g/mol. The van der Waals surface area contributed by atoms with Crippen molar-refractivity contribution in [3.05, 3.63) is 0 Å².